The predicted octanol–water partition coefficient (Wildman–Crippen LogP) is 2.54. The summed E-state index contributed by atoms with van der Waals surface area (Å²) >= 11 is 0. The molecule has 1 aliphatic carbocycles. The van der Waals surface area contributed by atoms with Crippen molar-refractivity contribution in [3.05, 3.63) is 29.8 Å². The van der Waals surface area contributed by atoms with Gasteiger partial charge in [0.15, 0.2) is 0 Å². The molecule has 4 N–H and O–H groups in total. The van der Waals surface area contributed by atoms with E-state index in [2.05, 4.69) is 9.98 Å². The number of para-hydroxylation sites is 1. The molecule has 0 unspecified atom stereocenters. The predicted molar refractivity (Wildman–Crippen MR) is 88.4 cm³/mol. The van der Waals surface area contributed by atoms with Gasteiger partial charge in [-0.25, -0.2) is 4.99 Å². The average Bonchev–Trinajstić information content (AvgIpc) is 2.53. The SMILES string of the molecule is NC1=NC2(CCCCC2)N(c2ccccc2C(=O)C(F)(F)F)C(N)=N1. The standard InChI is InChI=1S/C16H18F3N5O/c17-16(18,19)12(25)10-6-2-3-7-11(10)24-14(21)22-13(20)23-15(24)8-4-1-5-9-15/h2-3,6-7H,1,4-5,8-9H2,(H4,20,21,22,23). The number of benzene rings is 1. The van der Waals surface area contributed by atoms with Crippen molar-refractivity contribution in [2.24, 2.45) is 21.5 Å². The molecular weight excluding hydrogens is 335 g/mol. The van der Waals surface area contributed by atoms with Crippen LogP contribution in [0.3, 0.4) is 0 Å². The normalized spacial score (nSPS) is 20.2. The van der Waals surface area contributed by atoms with Crippen LogP contribution < -0.4 is 16.4 Å². The highest BCUT2D eigenvalue weighted by Crippen LogP contribution is 2.41. The number of nitrogens with two attached hydrogens (primary N) is 2. The van der Waals surface area contributed by atoms with Crippen LogP contribution in [-0.2, 0) is 0 Å². The number of guanidine groups is 2. The van der Waals surface area contributed by atoms with Crippen LogP contribution in [0.5, 0.6) is 0 Å². The molecule has 9 heteroatoms. The molecule has 0 amide bonds. The third-order valence-electron chi connectivity index (χ3n) is 4.50. The fourth-order valence-corrected chi connectivity index (χ4v) is 3.48. The van der Waals surface area contributed by atoms with Crippen molar-refractivity contribution in [2.75, 3.05) is 4.90 Å². The van der Waals surface area contributed by atoms with Crippen molar-refractivity contribution >= 4 is 23.4 Å². The van der Waals surface area contributed by atoms with Crippen molar-refractivity contribution in [1.29, 1.82) is 0 Å². The molecular formula is C16H18F3N5O. The number of anilines is 1. The second-order valence-electron chi connectivity index (χ2n) is 6.16. The molecule has 1 heterocycles. The van der Waals surface area contributed by atoms with E-state index in [-0.39, 0.29) is 17.6 Å². The van der Waals surface area contributed by atoms with Gasteiger partial charge in [0.1, 0.15) is 5.66 Å². The molecule has 1 saturated carbocycles. The van der Waals surface area contributed by atoms with Crippen molar-refractivity contribution < 1.29 is 18.0 Å². The highest BCUT2D eigenvalue weighted by molar-refractivity contribution is 6.11. The summed E-state index contributed by atoms with van der Waals surface area (Å²) in [5, 5.41) is 0. The first kappa shape index (κ1) is 17.2. The molecule has 1 aliphatic heterocycles. The summed E-state index contributed by atoms with van der Waals surface area (Å²) in [6, 6.07) is 5.49. The van der Waals surface area contributed by atoms with Gasteiger partial charge in [0, 0.05) is 0 Å². The van der Waals surface area contributed by atoms with Crippen molar-refractivity contribution in [2.45, 2.75) is 43.9 Å². The second kappa shape index (κ2) is 6.05. The number of hydrogen-bond acceptors (Lipinski definition) is 6. The Hall–Kier alpha value is -2.58. The number of carbonyl (C=O) groups excluding carboxylic acids is 1. The van der Waals surface area contributed by atoms with Crippen LogP contribution in [0, 0.1) is 0 Å². The fraction of sp³-hybridized carbons (Fsp3) is 0.438. The first-order valence-corrected chi connectivity index (χ1v) is 7.95. The number of carbonyl (C=O) groups is 1. The average molecular weight is 353 g/mol. The molecule has 0 bridgehead atoms. The molecule has 3 rings (SSSR count). The molecule has 25 heavy (non-hydrogen) atoms. The minimum atomic E-state index is -4.99. The van der Waals surface area contributed by atoms with Gasteiger partial charge < -0.3 is 11.5 Å². The first-order valence-electron chi connectivity index (χ1n) is 7.95. The quantitative estimate of drug-likeness (QED) is 0.799. The lowest BCUT2D eigenvalue weighted by Crippen LogP contribution is -2.58. The summed E-state index contributed by atoms with van der Waals surface area (Å²) in [4.78, 5) is 21.6. The topological polar surface area (TPSA) is 97.1 Å². The zero-order valence-electron chi connectivity index (χ0n) is 13.4. The van der Waals surface area contributed by atoms with Crippen LogP contribution in [0.4, 0.5) is 18.9 Å². The van der Waals surface area contributed by atoms with E-state index in [9.17, 15) is 18.0 Å². The Morgan fingerprint density at radius 2 is 1.76 bits per heavy atom. The molecule has 0 atom stereocenters. The number of nitrogens with zero attached hydrogens (tertiary/aromatic N) is 3. The highest BCUT2D eigenvalue weighted by atomic mass is 19.4. The van der Waals surface area contributed by atoms with Gasteiger partial charge >= 0.3 is 6.18 Å². The first-order chi connectivity index (χ1) is 11.7. The Bertz CT molecular complexity index is 750. The molecule has 0 aromatic heterocycles. The smallest absolute Gasteiger partial charge is 0.369 e. The Kier molecular flexibility index (Phi) is 4.18. The highest BCUT2D eigenvalue weighted by Gasteiger charge is 2.46. The van der Waals surface area contributed by atoms with Crippen LogP contribution in [0.25, 0.3) is 0 Å². The zero-order valence-corrected chi connectivity index (χ0v) is 13.4. The van der Waals surface area contributed by atoms with E-state index in [0.717, 1.165) is 25.3 Å². The summed E-state index contributed by atoms with van der Waals surface area (Å²) in [6.07, 6.45) is -1.20. The van der Waals surface area contributed by atoms with Gasteiger partial charge in [0.2, 0.25) is 11.9 Å². The molecule has 1 fully saturated rings. The number of Topliss-reactive ketones (excluding diaryl/α,β-unsaturated/α-hetero) is 1. The van der Waals surface area contributed by atoms with Crippen molar-refractivity contribution in [3.63, 3.8) is 0 Å². The van der Waals surface area contributed by atoms with Gasteiger partial charge in [-0.05, 0) is 37.8 Å². The van der Waals surface area contributed by atoms with E-state index < -0.39 is 23.2 Å². The third kappa shape index (κ3) is 3.06. The van der Waals surface area contributed by atoms with Gasteiger partial charge in [0.25, 0.3) is 5.78 Å². The number of aliphatic imine (C=N–C) groups is 2. The van der Waals surface area contributed by atoms with Crippen LogP contribution in [-0.4, -0.2) is 29.5 Å². The third-order valence-corrected chi connectivity index (χ3v) is 4.50. The molecule has 2 aliphatic rings. The lowest BCUT2D eigenvalue weighted by Gasteiger charge is -2.46. The summed E-state index contributed by atoms with van der Waals surface area (Å²) in [5.74, 6) is -1.99. The minimum absolute atomic E-state index is 0.00437. The lowest BCUT2D eigenvalue weighted by molar-refractivity contribution is -0.0884. The maximum atomic E-state index is 13.0. The minimum Gasteiger partial charge on any atom is -0.369 e. The Labute approximate surface area is 142 Å². The van der Waals surface area contributed by atoms with Crippen molar-refractivity contribution in [1.82, 2.24) is 0 Å². The van der Waals surface area contributed by atoms with E-state index in [1.807, 2.05) is 0 Å². The number of hydrogen-bond donors (Lipinski definition) is 2. The molecule has 0 saturated heterocycles. The lowest BCUT2D eigenvalue weighted by atomic mass is 9.86. The van der Waals surface area contributed by atoms with Gasteiger partial charge in [-0.15, -0.1) is 0 Å². The second-order valence-corrected chi connectivity index (χ2v) is 6.16. The van der Waals surface area contributed by atoms with Gasteiger partial charge in [-0.1, -0.05) is 18.6 Å². The molecule has 0 radical (unpaired) electrons. The van der Waals surface area contributed by atoms with Crippen LogP contribution >= 0.6 is 0 Å². The molecule has 134 valence electrons. The van der Waals surface area contributed by atoms with E-state index in [4.69, 9.17) is 11.5 Å². The van der Waals surface area contributed by atoms with Crippen LogP contribution in [0.1, 0.15) is 42.5 Å². The van der Waals surface area contributed by atoms with Gasteiger partial charge in [-0.2, -0.15) is 18.2 Å². The van der Waals surface area contributed by atoms with Crippen LogP contribution in [0.15, 0.2) is 34.3 Å². The van der Waals surface area contributed by atoms with E-state index in [1.165, 1.54) is 17.0 Å². The van der Waals surface area contributed by atoms with Crippen molar-refractivity contribution in [3.8, 4) is 0 Å². The molecule has 6 nitrogen and oxygen atoms in total. The Balaban J connectivity index is 2.14. The Morgan fingerprint density at radius 1 is 1.12 bits per heavy atom. The summed E-state index contributed by atoms with van der Waals surface area (Å²) in [6.45, 7) is 0. The van der Waals surface area contributed by atoms with Gasteiger partial charge in [0.05, 0.1) is 11.3 Å². The monoisotopic (exact) mass is 353 g/mol. The summed E-state index contributed by atoms with van der Waals surface area (Å²) in [7, 11) is 0. The maximum Gasteiger partial charge on any atom is 0.454 e. The number of rotatable bonds is 2. The zero-order chi connectivity index (χ0) is 18.2. The molecule has 1 aromatic rings. The van der Waals surface area contributed by atoms with Gasteiger partial charge in [-0.3, -0.25) is 9.69 Å². The Morgan fingerprint density at radius 3 is 2.40 bits per heavy atom. The van der Waals surface area contributed by atoms with E-state index in [0.29, 0.717) is 12.8 Å². The summed E-state index contributed by atoms with van der Waals surface area (Å²) in [5.41, 5.74) is 10.4. The maximum absolute atomic E-state index is 13.0. The number of halogens is 3. The van der Waals surface area contributed by atoms with E-state index >= 15 is 0 Å². The fourth-order valence-electron chi connectivity index (χ4n) is 3.48. The molecule has 1 aromatic carbocycles. The van der Waals surface area contributed by atoms with E-state index in [1.54, 1.807) is 6.07 Å². The number of alkyl halides is 3. The largest absolute Gasteiger partial charge is 0.454 e. The molecule has 1 spiro atoms. The van der Waals surface area contributed by atoms with Crippen LogP contribution in [0.2, 0.25) is 0 Å². The summed E-state index contributed by atoms with van der Waals surface area (Å²) < 4.78 is 39.0. The number of ketones is 1.